The number of aliphatic hydroxyl groups excluding tert-OH is 1. The Balaban J connectivity index is 1.46. The maximum Gasteiger partial charge on any atom is 0.344 e. The van der Waals surface area contributed by atoms with Gasteiger partial charge in [-0.3, -0.25) is 4.79 Å². The molecule has 3 heterocycles. The number of aromatic nitrogens is 1. The third-order valence-electron chi connectivity index (χ3n) is 6.77. The van der Waals surface area contributed by atoms with E-state index in [0.717, 1.165) is 40.4 Å². The summed E-state index contributed by atoms with van der Waals surface area (Å²) in [5, 5.41) is 15.4. The standard InChI is InChI=1S/C31H32BrN3O6S/c1-3-39-22-10-8-21(9-11-22)34-30-28(31(38)40-4-2)29(37)26(42-30)14-19-17-35(25-12-7-20(32)15-24(19)25)18-27(36)33-16-23-6-5-13-41-23/h7-12,14-15,17,23,37H,3-6,13,16,18H2,1-2H3,(H,33,36)/b26-14-,34-30?/t23-/m1/s1. The van der Waals surface area contributed by atoms with Crippen molar-refractivity contribution in [3.8, 4) is 5.75 Å². The van der Waals surface area contributed by atoms with Crippen LogP contribution in [0.4, 0.5) is 5.69 Å². The van der Waals surface area contributed by atoms with Gasteiger partial charge in [0.15, 0.2) is 0 Å². The van der Waals surface area contributed by atoms with Crippen molar-refractivity contribution in [2.75, 3.05) is 26.4 Å². The molecular weight excluding hydrogens is 622 g/mol. The van der Waals surface area contributed by atoms with E-state index in [2.05, 4.69) is 26.2 Å². The second-order valence-electron chi connectivity index (χ2n) is 9.71. The van der Waals surface area contributed by atoms with E-state index in [1.54, 1.807) is 37.3 Å². The van der Waals surface area contributed by atoms with E-state index in [9.17, 15) is 14.7 Å². The molecule has 1 fully saturated rings. The second-order valence-corrected chi connectivity index (χ2v) is 11.7. The Kier molecular flexibility index (Phi) is 9.71. The van der Waals surface area contributed by atoms with Crippen LogP contribution in [0.3, 0.4) is 0 Å². The number of thioether (sulfide) groups is 1. The van der Waals surface area contributed by atoms with Crippen LogP contribution in [-0.4, -0.2) is 59.1 Å². The molecule has 220 valence electrons. The van der Waals surface area contributed by atoms with Gasteiger partial charge in [-0.25, -0.2) is 9.79 Å². The van der Waals surface area contributed by atoms with Crippen LogP contribution in [0, 0.1) is 0 Å². The molecule has 42 heavy (non-hydrogen) atoms. The highest BCUT2D eigenvalue weighted by Crippen LogP contribution is 2.41. The van der Waals surface area contributed by atoms with E-state index in [4.69, 9.17) is 14.2 Å². The third-order valence-corrected chi connectivity index (χ3v) is 8.29. The van der Waals surface area contributed by atoms with E-state index < -0.39 is 5.97 Å². The Hall–Kier alpha value is -3.54. The average Bonchev–Trinajstić information content (AvgIpc) is 3.68. The van der Waals surface area contributed by atoms with Crippen molar-refractivity contribution < 1.29 is 28.9 Å². The summed E-state index contributed by atoms with van der Waals surface area (Å²) in [5.74, 6) is -0.248. The van der Waals surface area contributed by atoms with Crippen molar-refractivity contribution in [3.05, 3.63) is 74.9 Å². The van der Waals surface area contributed by atoms with Crippen molar-refractivity contribution in [2.45, 2.75) is 39.3 Å². The zero-order chi connectivity index (χ0) is 29.6. The number of carbonyl (C=O) groups excluding carboxylic acids is 2. The van der Waals surface area contributed by atoms with Gasteiger partial charge in [0.05, 0.1) is 29.9 Å². The molecule has 1 aromatic heterocycles. The fourth-order valence-corrected chi connectivity index (χ4v) is 6.21. The zero-order valence-electron chi connectivity index (χ0n) is 23.4. The highest BCUT2D eigenvalue weighted by Gasteiger charge is 2.33. The number of amides is 1. The molecule has 0 bridgehead atoms. The van der Waals surface area contributed by atoms with Gasteiger partial charge >= 0.3 is 5.97 Å². The minimum absolute atomic E-state index is 0.0143. The Morgan fingerprint density at radius 3 is 2.74 bits per heavy atom. The molecule has 0 aliphatic carbocycles. The minimum atomic E-state index is -0.649. The quantitative estimate of drug-likeness (QED) is 0.247. The number of hydrogen-bond acceptors (Lipinski definition) is 8. The number of aliphatic hydroxyl groups is 1. The van der Waals surface area contributed by atoms with Gasteiger partial charge in [-0.15, -0.1) is 0 Å². The van der Waals surface area contributed by atoms with E-state index in [-0.39, 0.29) is 36.5 Å². The van der Waals surface area contributed by atoms with E-state index in [1.807, 2.05) is 35.9 Å². The molecule has 2 aliphatic heterocycles. The lowest BCUT2D eigenvalue weighted by Gasteiger charge is -2.11. The molecular formula is C31H32BrN3O6S. The van der Waals surface area contributed by atoms with E-state index in [0.29, 0.717) is 34.5 Å². The van der Waals surface area contributed by atoms with Gasteiger partial charge < -0.3 is 29.2 Å². The van der Waals surface area contributed by atoms with Gasteiger partial charge in [-0.1, -0.05) is 27.7 Å². The van der Waals surface area contributed by atoms with Gasteiger partial charge in [0, 0.05) is 40.3 Å². The molecule has 3 aromatic rings. The van der Waals surface area contributed by atoms with Crippen LogP contribution in [0.15, 0.2) is 74.4 Å². The number of fused-ring (bicyclic) bond motifs is 1. The number of aliphatic imine (C=N–C) groups is 1. The van der Waals surface area contributed by atoms with Gasteiger partial charge in [0.1, 0.15) is 28.7 Å². The molecule has 2 N–H and O–H groups in total. The van der Waals surface area contributed by atoms with Gasteiger partial charge in [-0.05, 0) is 75.2 Å². The third kappa shape index (κ3) is 6.91. The summed E-state index contributed by atoms with van der Waals surface area (Å²) in [6, 6.07) is 13.0. The molecule has 0 spiro atoms. The van der Waals surface area contributed by atoms with Crippen LogP contribution in [0.25, 0.3) is 17.0 Å². The Bertz CT molecular complexity index is 1570. The summed E-state index contributed by atoms with van der Waals surface area (Å²) in [7, 11) is 0. The topological polar surface area (TPSA) is 111 Å². The molecule has 1 amide bonds. The normalized spacial score (nSPS) is 18.8. The maximum atomic E-state index is 12.9. The zero-order valence-corrected chi connectivity index (χ0v) is 25.8. The molecule has 2 aliphatic rings. The predicted molar refractivity (Wildman–Crippen MR) is 168 cm³/mol. The number of rotatable bonds is 10. The first-order valence-corrected chi connectivity index (χ1v) is 15.5. The summed E-state index contributed by atoms with van der Waals surface area (Å²) < 4.78 is 19.1. The molecule has 5 rings (SSSR count). The SMILES string of the molecule is CCOC(=O)C1=C(O)/C(=C/c2cn(CC(=O)NC[C@H]3CCCO3)c3ccc(Br)cc23)SC1=Nc1ccc(OCC)cc1. The van der Waals surface area contributed by atoms with Crippen LogP contribution in [0.5, 0.6) is 5.75 Å². The van der Waals surface area contributed by atoms with Gasteiger partial charge in [-0.2, -0.15) is 0 Å². The Labute approximate surface area is 256 Å². The summed E-state index contributed by atoms with van der Waals surface area (Å²) in [5.41, 5.74) is 2.25. The van der Waals surface area contributed by atoms with Crippen molar-refractivity contribution in [1.82, 2.24) is 9.88 Å². The van der Waals surface area contributed by atoms with Crippen LogP contribution in [0.2, 0.25) is 0 Å². The second kappa shape index (κ2) is 13.6. The van der Waals surface area contributed by atoms with Crippen molar-refractivity contribution in [3.63, 3.8) is 0 Å². The lowest BCUT2D eigenvalue weighted by molar-refractivity contribution is -0.138. The smallest absolute Gasteiger partial charge is 0.344 e. The summed E-state index contributed by atoms with van der Waals surface area (Å²) in [4.78, 5) is 30.8. The molecule has 0 radical (unpaired) electrons. The van der Waals surface area contributed by atoms with Crippen molar-refractivity contribution in [2.24, 2.45) is 4.99 Å². The largest absolute Gasteiger partial charge is 0.506 e. The number of nitrogens with zero attached hydrogens (tertiary/aromatic N) is 2. The molecule has 0 saturated carbocycles. The Morgan fingerprint density at radius 2 is 2.02 bits per heavy atom. The summed E-state index contributed by atoms with van der Waals surface area (Å²) >= 11 is 4.73. The Morgan fingerprint density at radius 1 is 1.21 bits per heavy atom. The molecule has 11 heteroatoms. The first-order valence-electron chi connectivity index (χ1n) is 13.8. The fourth-order valence-electron chi connectivity index (χ4n) is 4.82. The number of carbonyl (C=O) groups is 2. The molecule has 1 saturated heterocycles. The highest BCUT2D eigenvalue weighted by atomic mass is 79.9. The van der Waals surface area contributed by atoms with Crippen molar-refractivity contribution >= 4 is 67.3 Å². The number of ether oxygens (including phenoxy) is 3. The maximum absolute atomic E-state index is 12.9. The summed E-state index contributed by atoms with van der Waals surface area (Å²) in [6.45, 7) is 5.68. The fraction of sp³-hybridized carbons (Fsp3) is 0.323. The summed E-state index contributed by atoms with van der Waals surface area (Å²) in [6.07, 6.45) is 5.70. The highest BCUT2D eigenvalue weighted by molar-refractivity contribution is 9.10. The molecule has 2 aromatic carbocycles. The number of esters is 1. The van der Waals surface area contributed by atoms with Crippen LogP contribution >= 0.6 is 27.7 Å². The minimum Gasteiger partial charge on any atom is -0.506 e. The number of halogens is 1. The van der Waals surface area contributed by atoms with Gasteiger partial charge in [0.25, 0.3) is 0 Å². The average molecular weight is 655 g/mol. The van der Waals surface area contributed by atoms with Gasteiger partial charge in [0.2, 0.25) is 5.91 Å². The lowest BCUT2D eigenvalue weighted by atomic mass is 10.1. The first kappa shape index (κ1) is 29.9. The number of benzene rings is 2. The van der Waals surface area contributed by atoms with E-state index >= 15 is 0 Å². The molecule has 1 atom stereocenters. The molecule has 9 nitrogen and oxygen atoms in total. The number of nitrogens with one attached hydrogen (secondary N) is 1. The monoisotopic (exact) mass is 653 g/mol. The van der Waals surface area contributed by atoms with Crippen molar-refractivity contribution in [1.29, 1.82) is 0 Å². The first-order chi connectivity index (χ1) is 20.4. The van der Waals surface area contributed by atoms with Crippen LogP contribution in [-0.2, 0) is 25.6 Å². The lowest BCUT2D eigenvalue weighted by Crippen LogP contribution is -2.34. The van der Waals surface area contributed by atoms with Crippen LogP contribution in [0.1, 0.15) is 32.3 Å². The van der Waals surface area contributed by atoms with Crippen LogP contribution < -0.4 is 10.1 Å². The number of hydrogen-bond donors (Lipinski definition) is 2. The van der Waals surface area contributed by atoms with E-state index in [1.165, 1.54) is 11.8 Å². The predicted octanol–water partition coefficient (Wildman–Crippen LogP) is 6.29. The molecule has 0 unspecified atom stereocenters.